The molecule has 0 saturated heterocycles. The highest BCUT2D eigenvalue weighted by molar-refractivity contribution is 6.67. The summed E-state index contributed by atoms with van der Waals surface area (Å²) in [4.78, 5) is 47.6. The molecule has 8 heteroatoms. The summed E-state index contributed by atoms with van der Waals surface area (Å²) in [6, 6.07) is 42.6. The Labute approximate surface area is 333 Å². The summed E-state index contributed by atoms with van der Waals surface area (Å²) in [7, 11) is 3.75. The molecule has 6 aromatic rings. The number of hydrogen-bond donors (Lipinski definition) is 3. The van der Waals surface area contributed by atoms with Crippen LogP contribution in [0.2, 0.25) is 0 Å². The van der Waals surface area contributed by atoms with E-state index in [-0.39, 0.29) is 17.5 Å². The van der Waals surface area contributed by atoms with Gasteiger partial charge in [-0.3, -0.25) is 19.2 Å². The second-order valence-corrected chi connectivity index (χ2v) is 13.8. The first-order valence-electron chi connectivity index (χ1n) is 18.5. The molecule has 1 amide bonds. The van der Waals surface area contributed by atoms with Crippen LogP contribution in [-0.2, 0) is 12.8 Å². The Hall–Kier alpha value is -6.15. The van der Waals surface area contributed by atoms with Gasteiger partial charge in [-0.05, 0) is 121 Å². The lowest BCUT2D eigenvalue weighted by atomic mass is 9.95. The molecule has 7 nitrogen and oxygen atoms in total. The number of nitrogens with two attached hydrogens (primary N) is 1. The normalized spacial score (nSPS) is 12.1. The van der Waals surface area contributed by atoms with Crippen molar-refractivity contribution in [3.05, 3.63) is 178 Å². The minimum Gasteiger partial charge on any atom is -0.398 e. The second kappa shape index (κ2) is 19.4. The van der Waals surface area contributed by atoms with Crippen LogP contribution in [0.1, 0.15) is 76.5 Å². The van der Waals surface area contributed by atoms with Crippen molar-refractivity contribution in [3.8, 4) is 22.3 Å². The lowest BCUT2D eigenvalue weighted by Gasteiger charge is -2.14. The number of rotatable bonds is 5. The molecule has 0 spiro atoms. The molecule has 6 aromatic carbocycles. The molecule has 2 aliphatic carbocycles. The predicted molar refractivity (Wildman–Crippen MR) is 229 cm³/mol. The number of ketones is 2. The first kappa shape index (κ1) is 41.0. The van der Waals surface area contributed by atoms with Gasteiger partial charge in [0.25, 0.3) is 11.1 Å². The molecule has 0 radical (unpaired) electrons. The van der Waals surface area contributed by atoms with Gasteiger partial charge in [0.15, 0.2) is 11.6 Å². The molecule has 4 N–H and O–H groups in total. The van der Waals surface area contributed by atoms with E-state index in [1.807, 2.05) is 131 Å². The van der Waals surface area contributed by atoms with Gasteiger partial charge in [0.2, 0.25) is 0 Å². The van der Waals surface area contributed by atoms with Gasteiger partial charge in [0.05, 0.1) is 5.69 Å². The number of carbonyl (C=O) groups excluding carboxylic acids is 4. The molecule has 8 rings (SSSR count). The highest BCUT2D eigenvalue weighted by Gasteiger charge is 2.27. The van der Waals surface area contributed by atoms with Crippen LogP contribution in [0.15, 0.2) is 133 Å². The molecule has 0 atom stereocenters. The highest BCUT2D eigenvalue weighted by atomic mass is 35.5. The summed E-state index contributed by atoms with van der Waals surface area (Å²) in [5.41, 5.74) is 18.1. The van der Waals surface area contributed by atoms with Crippen molar-refractivity contribution in [2.24, 2.45) is 0 Å². The van der Waals surface area contributed by atoms with Crippen molar-refractivity contribution < 1.29 is 19.2 Å². The van der Waals surface area contributed by atoms with Crippen LogP contribution in [-0.4, -0.2) is 36.8 Å². The van der Waals surface area contributed by atoms with Crippen LogP contribution in [0.4, 0.5) is 11.4 Å². The van der Waals surface area contributed by atoms with Crippen LogP contribution in [0.3, 0.4) is 0 Å². The maximum Gasteiger partial charge on any atom is 0.255 e. The van der Waals surface area contributed by atoms with Gasteiger partial charge in [-0.25, -0.2) is 0 Å². The number of Topliss-reactive ketones (excluding diaryl/α,β-unsaturated/α-hetero) is 2. The zero-order chi connectivity index (χ0) is 40.2. The number of nitrogen functional groups attached to an aromatic ring is 1. The predicted octanol–water partition coefficient (Wildman–Crippen LogP) is 10.3. The molecule has 2 aliphatic rings. The fraction of sp³-hybridized carbons (Fsp3) is 0.167. The molecule has 0 fully saturated rings. The number of benzene rings is 6. The third-order valence-corrected chi connectivity index (χ3v) is 9.79. The van der Waals surface area contributed by atoms with E-state index in [1.165, 1.54) is 0 Å². The third kappa shape index (κ3) is 9.74. The van der Waals surface area contributed by atoms with E-state index in [0.29, 0.717) is 47.3 Å². The Morgan fingerprint density at radius 3 is 1.46 bits per heavy atom. The Kier molecular flexibility index (Phi) is 14.2. The molecule has 56 heavy (non-hydrogen) atoms. The van der Waals surface area contributed by atoms with E-state index in [4.69, 9.17) is 17.3 Å². The molecular formula is C48H46ClN3O4. The maximum atomic E-state index is 12.7. The number of anilines is 2. The van der Waals surface area contributed by atoms with Gasteiger partial charge >= 0.3 is 0 Å². The van der Waals surface area contributed by atoms with Gasteiger partial charge in [-0.15, -0.1) is 0 Å². The van der Waals surface area contributed by atoms with Crippen molar-refractivity contribution in [2.45, 2.75) is 39.5 Å². The zero-order valence-corrected chi connectivity index (χ0v) is 32.9. The number of hydrogen-bond acceptors (Lipinski definition) is 6. The summed E-state index contributed by atoms with van der Waals surface area (Å²) in [6.07, 6.45) is 2.60. The quantitative estimate of drug-likeness (QED) is 0.119. The lowest BCUT2D eigenvalue weighted by molar-refractivity contribution is 0.0986. The minimum absolute atomic E-state index is 0.0952. The van der Waals surface area contributed by atoms with E-state index < -0.39 is 5.24 Å². The van der Waals surface area contributed by atoms with Crippen molar-refractivity contribution in [3.63, 3.8) is 0 Å². The molecule has 0 unspecified atom stereocenters. The number of halogens is 1. The third-order valence-electron chi connectivity index (χ3n) is 9.58. The van der Waals surface area contributed by atoms with Crippen LogP contribution < -0.4 is 16.4 Å². The highest BCUT2D eigenvalue weighted by Crippen LogP contribution is 2.38. The SMILES string of the molecule is CNC.Cc1ccccc1C(=O)Cl.Cc1ccccc1C(=O)Nc1ccc(-c2ccccc2)c2c1C(=O)CC2.Nc1ccc(-c2ccccc2)c2c1C(=O)CC2. The van der Waals surface area contributed by atoms with Gasteiger partial charge in [-0.2, -0.15) is 0 Å². The molecule has 0 bridgehead atoms. The smallest absolute Gasteiger partial charge is 0.255 e. The minimum atomic E-state index is -0.391. The van der Waals surface area contributed by atoms with Crippen LogP contribution in [0, 0.1) is 13.8 Å². The van der Waals surface area contributed by atoms with Gasteiger partial charge in [0, 0.05) is 40.8 Å². The average molecular weight is 764 g/mol. The van der Waals surface area contributed by atoms with Crippen molar-refractivity contribution >= 4 is 45.7 Å². The molecular weight excluding hydrogens is 718 g/mol. The topological polar surface area (TPSA) is 118 Å². The van der Waals surface area contributed by atoms with Crippen molar-refractivity contribution in [1.82, 2.24) is 5.32 Å². The number of carbonyl (C=O) groups is 4. The molecule has 284 valence electrons. The fourth-order valence-corrected chi connectivity index (χ4v) is 7.11. The summed E-state index contributed by atoms with van der Waals surface area (Å²) in [6.45, 7) is 3.76. The molecule has 0 aliphatic heterocycles. The van der Waals surface area contributed by atoms with E-state index in [1.54, 1.807) is 18.2 Å². The summed E-state index contributed by atoms with van der Waals surface area (Å²) < 4.78 is 0. The molecule has 0 aromatic heterocycles. The Bertz CT molecular complexity index is 2360. The Morgan fingerprint density at radius 1 is 0.554 bits per heavy atom. The zero-order valence-electron chi connectivity index (χ0n) is 32.1. The first-order valence-corrected chi connectivity index (χ1v) is 18.9. The van der Waals surface area contributed by atoms with Crippen LogP contribution in [0.25, 0.3) is 22.3 Å². The van der Waals surface area contributed by atoms with Crippen molar-refractivity contribution in [2.75, 3.05) is 25.1 Å². The number of nitrogens with one attached hydrogen (secondary N) is 2. The van der Waals surface area contributed by atoms with Crippen LogP contribution >= 0.6 is 11.6 Å². The van der Waals surface area contributed by atoms with Crippen LogP contribution in [0.5, 0.6) is 0 Å². The van der Waals surface area contributed by atoms with E-state index in [2.05, 4.69) is 22.8 Å². The van der Waals surface area contributed by atoms with E-state index in [9.17, 15) is 19.2 Å². The largest absolute Gasteiger partial charge is 0.398 e. The summed E-state index contributed by atoms with van der Waals surface area (Å²) in [5.74, 6) is 0.0885. The van der Waals surface area contributed by atoms with E-state index >= 15 is 0 Å². The van der Waals surface area contributed by atoms with Gasteiger partial charge < -0.3 is 16.4 Å². The first-order chi connectivity index (χ1) is 27.0. The van der Waals surface area contributed by atoms with Gasteiger partial charge in [-0.1, -0.05) is 109 Å². The van der Waals surface area contributed by atoms with Crippen molar-refractivity contribution in [1.29, 1.82) is 0 Å². The standard InChI is InChI=1S/C23H19NO2.C15H13NO.C8H7ClO.C2H7N/c1-15-7-5-6-10-17(15)23(26)24-20-13-11-18(16-8-3-2-4-9-16)19-12-14-21(25)22(19)20;16-13-8-6-11(10-4-2-1-3-5-10)12-7-9-14(17)15(12)13;1-6-4-2-3-5-7(6)8(9)10;1-3-2/h2-11,13H,12,14H2,1H3,(H,24,26);1-6,8H,7,9,16H2;2-5H,1H3;3H,1-2H3. The fourth-order valence-electron chi connectivity index (χ4n) is 6.90. The lowest BCUT2D eigenvalue weighted by Crippen LogP contribution is -2.15. The maximum absolute atomic E-state index is 12.7. The van der Waals surface area contributed by atoms with Gasteiger partial charge in [0.1, 0.15) is 0 Å². The van der Waals surface area contributed by atoms with E-state index in [0.717, 1.165) is 56.5 Å². The number of aryl methyl sites for hydroxylation is 2. The Morgan fingerprint density at radius 2 is 0.982 bits per heavy atom. The summed E-state index contributed by atoms with van der Waals surface area (Å²) in [5, 5.41) is 5.31. The number of amides is 1. The monoisotopic (exact) mass is 763 g/mol. The summed E-state index contributed by atoms with van der Waals surface area (Å²) >= 11 is 5.27. The second-order valence-electron chi connectivity index (χ2n) is 13.5. The molecule has 0 saturated carbocycles. The Balaban J connectivity index is 0.000000171. The number of fused-ring (bicyclic) bond motifs is 2. The average Bonchev–Trinajstić information content (AvgIpc) is 3.80. The molecule has 0 heterocycles.